The molecule has 0 bridgehead atoms. The van der Waals surface area contributed by atoms with Crippen molar-refractivity contribution in [3.05, 3.63) is 115 Å². The van der Waals surface area contributed by atoms with Crippen LogP contribution in [0.5, 0.6) is 0 Å². The van der Waals surface area contributed by atoms with Gasteiger partial charge in [0.25, 0.3) is 0 Å². The van der Waals surface area contributed by atoms with Crippen LogP contribution < -0.4 is 9.88 Å². The zero-order valence-electron chi connectivity index (χ0n) is 20.4. The number of hydrogen-bond donors (Lipinski definition) is 1. The summed E-state index contributed by atoms with van der Waals surface area (Å²) in [5, 5.41) is 5.65. The van der Waals surface area contributed by atoms with Crippen molar-refractivity contribution < 1.29 is 14.1 Å². The van der Waals surface area contributed by atoms with Crippen LogP contribution in [0.3, 0.4) is 0 Å². The number of aryl methyl sites for hydroxylation is 2. The summed E-state index contributed by atoms with van der Waals surface area (Å²) < 4.78 is 10.2. The largest absolute Gasteiger partial charge is 0.365 e. The number of amides is 1. The van der Waals surface area contributed by atoms with E-state index in [9.17, 15) is 4.79 Å². The van der Waals surface area contributed by atoms with Gasteiger partial charge < -0.3 is 10.1 Å². The molecule has 0 aliphatic heterocycles. The smallest absolute Gasteiger partial charge is 0.243 e. The van der Waals surface area contributed by atoms with E-state index in [1.54, 1.807) is 36.4 Å². The molecular formula is C28H25Cl5N3O2+. The normalized spacial score (nSPS) is 11.9. The number of carbonyl (C=O) groups excluding carboxylic acids is 1. The lowest BCUT2D eigenvalue weighted by atomic mass is 10.1. The van der Waals surface area contributed by atoms with Crippen LogP contribution in [0.25, 0.3) is 0 Å². The number of rotatable bonds is 10. The number of ether oxygens (including phenoxy) is 1. The minimum absolute atomic E-state index is 0.0929. The third-order valence-corrected chi connectivity index (χ3v) is 7.34. The molecule has 1 N–H and O–H groups in total. The number of nitrogens with zero attached hydrogens (tertiary/aromatic N) is 2. The maximum absolute atomic E-state index is 12.5. The van der Waals surface area contributed by atoms with Gasteiger partial charge in [-0.15, -0.1) is 0 Å². The Kier molecular flexibility index (Phi) is 9.99. The fraction of sp³-hybridized carbons (Fsp3) is 0.214. The van der Waals surface area contributed by atoms with E-state index in [1.165, 1.54) is 0 Å². The fourth-order valence-electron chi connectivity index (χ4n) is 3.88. The van der Waals surface area contributed by atoms with Crippen molar-refractivity contribution >= 4 is 69.6 Å². The Morgan fingerprint density at radius 2 is 1.63 bits per heavy atom. The van der Waals surface area contributed by atoms with Crippen LogP contribution in [0.2, 0.25) is 25.1 Å². The molecule has 10 heteroatoms. The van der Waals surface area contributed by atoms with Gasteiger partial charge in [-0.3, -0.25) is 4.79 Å². The summed E-state index contributed by atoms with van der Waals surface area (Å²) in [5.74, 6) is -0.0929. The van der Waals surface area contributed by atoms with Crippen LogP contribution in [0.4, 0.5) is 5.69 Å². The van der Waals surface area contributed by atoms with Gasteiger partial charge in [-0.1, -0.05) is 76.2 Å². The molecule has 0 radical (unpaired) electrons. The summed E-state index contributed by atoms with van der Waals surface area (Å²) >= 11 is 31.1. The molecule has 0 saturated heterocycles. The Morgan fingerprint density at radius 3 is 2.37 bits per heavy atom. The van der Waals surface area contributed by atoms with E-state index in [0.29, 0.717) is 50.3 Å². The van der Waals surface area contributed by atoms with Crippen LogP contribution in [0.1, 0.15) is 29.2 Å². The lowest BCUT2D eigenvalue weighted by Gasteiger charge is -2.19. The van der Waals surface area contributed by atoms with E-state index in [2.05, 4.69) is 5.32 Å². The molecule has 0 spiro atoms. The van der Waals surface area contributed by atoms with Crippen molar-refractivity contribution in [2.75, 3.05) is 5.32 Å². The Morgan fingerprint density at radius 1 is 0.947 bits per heavy atom. The molecule has 4 rings (SSSR count). The van der Waals surface area contributed by atoms with Crippen LogP contribution in [-0.4, -0.2) is 10.5 Å². The second kappa shape index (κ2) is 13.2. The van der Waals surface area contributed by atoms with Gasteiger partial charge in [0.1, 0.15) is 25.0 Å². The number of nitrogens with one attached hydrogen (secondary N) is 1. The lowest BCUT2D eigenvalue weighted by Crippen LogP contribution is -2.35. The number of carbonyl (C=O) groups is 1. The van der Waals surface area contributed by atoms with Gasteiger partial charge in [-0.2, -0.15) is 0 Å². The molecule has 1 amide bonds. The number of imidazole rings is 1. The van der Waals surface area contributed by atoms with E-state index in [0.717, 1.165) is 16.7 Å². The number of anilines is 1. The quantitative estimate of drug-likeness (QED) is 0.183. The molecule has 0 saturated carbocycles. The maximum atomic E-state index is 12.5. The van der Waals surface area contributed by atoms with Gasteiger partial charge in [0, 0.05) is 36.4 Å². The summed E-state index contributed by atoms with van der Waals surface area (Å²) in [6.45, 7) is 3.18. The fourth-order valence-corrected chi connectivity index (χ4v) is 5.04. The Bertz CT molecular complexity index is 1440. The molecule has 3 aromatic carbocycles. The second-order valence-electron chi connectivity index (χ2n) is 8.81. The molecule has 38 heavy (non-hydrogen) atoms. The van der Waals surface area contributed by atoms with Crippen molar-refractivity contribution in [2.45, 2.75) is 39.1 Å². The summed E-state index contributed by atoms with van der Waals surface area (Å²) in [7, 11) is 0. The monoisotopic (exact) mass is 610 g/mol. The second-order valence-corrected chi connectivity index (χ2v) is 10.9. The molecule has 5 nitrogen and oxygen atoms in total. The van der Waals surface area contributed by atoms with E-state index >= 15 is 0 Å². The van der Waals surface area contributed by atoms with Gasteiger partial charge in [0.2, 0.25) is 12.2 Å². The molecule has 1 atom stereocenters. The summed E-state index contributed by atoms with van der Waals surface area (Å²) in [6.07, 6.45) is 5.68. The van der Waals surface area contributed by atoms with Crippen LogP contribution in [0.15, 0.2) is 73.3 Å². The molecule has 1 aromatic heterocycles. The highest BCUT2D eigenvalue weighted by atomic mass is 35.5. The third kappa shape index (κ3) is 7.89. The first-order chi connectivity index (χ1) is 18.2. The number of aromatic nitrogens is 2. The minimum atomic E-state index is -0.388. The maximum Gasteiger partial charge on any atom is 0.243 e. The van der Waals surface area contributed by atoms with Crippen LogP contribution in [-0.2, 0) is 29.2 Å². The van der Waals surface area contributed by atoms with Crippen molar-refractivity contribution in [1.29, 1.82) is 0 Å². The molecule has 1 heterocycles. The highest BCUT2D eigenvalue weighted by molar-refractivity contribution is 6.35. The van der Waals surface area contributed by atoms with E-state index < -0.39 is 0 Å². The minimum Gasteiger partial charge on any atom is -0.365 e. The Balaban J connectivity index is 1.42. The highest BCUT2D eigenvalue weighted by Gasteiger charge is 2.21. The number of halogens is 5. The first kappa shape index (κ1) is 28.8. The summed E-state index contributed by atoms with van der Waals surface area (Å²) in [6, 6.07) is 16.0. The number of hydrogen-bond acceptors (Lipinski definition) is 2. The molecule has 0 aliphatic rings. The summed E-state index contributed by atoms with van der Waals surface area (Å²) in [4.78, 5) is 12.5. The Labute approximate surface area is 246 Å². The SMILES string of the molecule is Cc1ccc(Cl)cc1NC(=O)CCn1cc[n+](CC(OCc2ccc(Cl)cc2Cl)c2ccc(Cl)cc2Cl)c1. The van der Waals surface area contributed by atoms with E-state index in [-0.39, 0.29) is 18.6 Å². The predicted molar refractivity (Wildman–Crippen MR) is 155 cm³/mol. The Hall–Kier alpha value is -2.25. The highest BCUT2D eigenvalue weighted by Crippen LogP contribution is 2.31. The van der Waals surface area contributed by atoms with Crippen molar-refractivity contribution in [3.8, 4) is 0 Å². The first-order valence-electron chi connectivity index (χ1n) is 11.8. The van der Waals surface area contributed by atoms with Crippen molar-refractivity contribution in [1.82, 2.24) is 4.57 Å². The average molecular weight is 613 g/mol. The molecule has 0 aliphatic carbocycles. The zero-order chi connectivity index (χ0) is 27.2. The lowest BCUT2D eigenvalue weighted by molar-refractivity contribution is -0.704. The van der Waals surface area contributed by atoms with Crippen LogP contribution >= 0.6 is 58.0 Å². The first-order valence-corrected chi connectivity index (χ1v) is 13.7. The van der Waals surface area contributed by atoms with Gasteiger partial charge in [0.05, 0.1) is 19.6 Å². The molecule has 0 fully saturated rings. The van der Waals surface area contributed by atoms with E-state index in [4.69, 9.17) is 62.7 Å². The van der Waals surface area contributed by atoms with E-state index in [1.807, 2.05) is 53.0 Å². The topological polar surface area (TPSA) is 47.1 Å². The van der Waals surface area contributed by atoms with Gasteiger partial charge in [-0.25, -0.2) is 9.13 Å². The zero-order valence-corrected chi connectivity index (χ0v) is 24.2. The van der Waals surface area contributed by atoms with Crippen molar-refractivity contribution in [2.24, 2.45) is 0 Å². The van der Waals surface area contributed by atoms with Crippen molar-refractivity contribution in [3.63, 3.8) is 0 Å². The van der Waals surface area contributed by atoms with Gasteiger partial charge in [0.15, 0.2) is 0 Å². The van der Waals surface area contributed by atoms with Gasteiger partial charge >= 0.3 is 0 Å². The number of benzene rings is 3. The molecule has 4 aromatic rings. The summed E-state index contributed by atoms with van der Waals surface area (Å²) in [5.41, 5.74) is 3.28. The standard InChI is InChI=1S/C28H24Cl5N3O2/c1-18-2-4-22(31)14-26(18)34-28(37)8-9-35-10-11-36(17-35)15-27(23-7-6-21(30)13-25(23)33)38-16-19-3-5-20(29)12-24(19)32/h2-7,10-14,17,27H,8-9,15-16H2,1H3/p+1. The van der Waals surface area contributed by atoms with Gasteiger partial charge in [-0.05, 0) is 54.4 Å². The molecule has 198 valence electrons. The third-order valence-electron chi connectivity index (χ3n) is 5.96. The molecule has 1 unspecified atom stereocenters. The molecular weight excluding hydrogens is 588 g/mol. The average Bonchev–Trinajstić information content (AvgIpc) is 3.31. The van der Waals surface area contributed by atoms with Crippen LogP contribution in [0, 0.1) is 6.92 Å². The predicted octanol–water partition coefficient (Wildman–Crippen LogP) is 8.34.